The fraction of sp³-hybridized carbons (Fsp3) is 0.846. The van der Waals surface area contributed by atoms with E-state index in [1.807, 2.05) is 6.92 Å². The fourth-order valence-corrected chi connectivity index (χ4v) is 2.10. The highest BCUT2D eigenvalue weighted by Gasteiger charge is 2.31. The molecule has 0 radical (unpaired) electrons. The summed E-state index contributed by atoms with van der Waals surface area (Å²) in [6.45, 7) is 4.65. The molecule has 19 heavy (non-hydrogen) atoms. The Morgan fingerprint density at radius 2 is 1.95 bits per heavy atom. The normalized spacial score (nSPS) is 19.8. The van der Waals surface area contributed by atoms with E-state index in [9.17, 15) is 14.7 Å². The standard InChI is InChI=1S/C13H24N2O4/c1-3-4-5-10(11(16)17)14-12(18)15-8-6-13(2,19)7-9-15/h10,19H,3-9H2,1-2H3,(H,14,18)(H,16,17)/t10-/m0/s1. The third-order valence-electron chi connectivity index (χ3n) is 3.57. The second kappa shape index (κ2) is 6.75. The summed E-state index contributed by atoms with van der Waals surface area (Å²) in [6, 6.07) is -1.17. The lowest BCUT2D eigenvalue weighted by Crippen LogP contribution is -2.52. The number of piperidine rings is 1. The number of carbonyl (C=O) groups is 2. The van der Waals surface area contributed by atoms with Crippen molar-refractivity contribution >= 4 is 12.0 Å². The smallest absolute Gasteiger partial charge is 0.326 e. The lowest BCUT2D eigenvalue weighted by Gasteiger charge is -2.36. The Morgan fingerprint density at radius 3 is 2.42 bits per heavy atom. The maximum Gasteiger partial charge on any atom is 0.326 e. The Morgan fingerprint density at radius 1 is 1.37 bits per heavy atom. The van der Waals surface area contributed by atoms with Gasteiger partial charge in [-0.15, -0.1) is 0 Å². The first kappa shape index (κ1) is 15.8. The SMILES string of the molecule is CCCC[C@H](NC(=O)N1CCC(C)(O)CC1)C(=O)O. The number of nitrogens with zero attached hydrogens (tertiary/aromatic N) is 1. The van der Waals surface area contributed by atoms with E-state index in [0.29, 0.717) is 32.4 Å². The van der Waals surface area contributed by atoms with Crippen LogP contribution in [0.25, 0.3) is 0 Å². The van der Waals surface area contributed by atoms with Crippen LogP contribution in [0, 0.1) is 0 Å². The van der Waals surface area contributed by atoms with Crippen molar-refractivity contribution in [1.82, 2.24) is 10.2 Å². The highest BCUT2D eigenvalue weighted by atomic mass is 16.4. The predicted octanol–water partition coefficient (Wildman–Crippen LogP) is 1.19. The first-order valence-corrected chi connectivity index (χ1v) is 6.86. The van der Waals surface area contributed by atoms with Gasteiger partial charge in [0.25, 0.3) is 0 Å². The van der Waals surface area contributed by atoms with Crippen LogP contribution in [0.1, 0.15) is 46.0 Å². The number of urea groups is 1. The summed E-state index contributed by atoms with van der Waals surface area (Å²) in [5, 5.41) is 21.4. The van der Waals surface area contributed by atoms with Gasteiger partial charge in [-0.1, -0.05) is 19.8 Å². The quantitative estimate of drug-likeness (QED) is 0.701. The molecule has 6 heteroatoms. The summed E-state index contributed by atoms with van der Waals surface area (Å²) in [5.74, 6) is -0.995. The fourth-order valence-electron chi connectivity index (χ4n) is 2.10. The molecule has 0 aromatic carbocycles. The number of carboxylic acids is 1. The zero-order valence-electron chi connectivity index (χ0n) is 11.7. The van der Waals surface area contributed by atoms with Crippen molar-refractivity contribution in [2.24, 2.45) is 0 Å². The molecular formula is C13H24N2O4. The molecule has 0 spiro atoms. The van der Waals surface area contributed by atoms with Gasteiger partial charge < -0.3 is 20.4 Å². The Bertz CT molecular complexity index is 321. The monoisotopic (exact) mass is 272 g/mol. The highest BCUT2D eigenvalue weighted by molar-refractivity contribution is 5.82. The van der Waals surface area contributed by atoms with Crippen LogP contribution in [0.5, 0.6) is 0 Å². The number of nitrogens with one attached hydrogen (secondary N) is 1. The minimum absolute atomic E-state index is 0.348. The van der Waals surface area contributed by atoms with Crippen LogP contribution >= 0.6 is 0 Å². The summed E-state index contributed by atoms with van der Waals surface area (Å²) in [5.41, 5.74) is -0.717. The van der Waals surface area contributed by atoms with E-state index in [-0.39, 0.29) is 6.03 Å². The van der Waals surface area contributed by atoms with Crippen molar-refractivity contribution in [2.45, 2.75) is 57.6 Å². The lowest BCUT2D eigenvalue weighted by atomic mass is 9.94. The van der Waals surface area contributed by atoms with E-state index < -0.39 is 17.6 Å². The molecule has 1 aliphatic heterocycles. The summed E-state index contributed by atoms with van der Waals surface area (Å²) in [4.78, 5) is 24.6. The minimum Gasteiger partial charge on any atom is -0.480 e. The molecule has 1 rings (SSSR count). The van der Waals surface area contributed by atoms with Gasteiger partial charge in [-0.25, -0.2) is 9.59 Å². The maximum atomic E-state index is 12.0. The molecule has 0 bridgehead atoms. The van der Waals surface area contributed by atoms with Gasteiger partial charge in [0, 0.05) is 13.1 Å². The average molecular weight is 272 g/mol. The van der Waals surface area contributed by atoms with Crippen molar-refractivity contribution in [1.29, 1.82) is 0 Å². The van der Waals surface area contributed by atoms with Crippen LogP contribution < -0.4 is 5.32 Å². The highest BCUT2D eigenvalue weighted by Crippen LogP contribution is 2.21. The molecule has 110 valence electrons. The van der Waals surface area contributed by atoms with Crippen molar-refractivity contribution in [3.63, 3.8) is 0 Å². The Balaban J connectivity index is 2.46. The number of aliphatic carboxylic acids is 1. The van der Waals surface area contributed by atoms with Crippen LogP contribution in [0.15, 0.2) is 0 Å². The van der Waals surface area contributed by atoms with Gasteiger partial charge in [0.15, 0.2) is 0 Å². The number of hydrogen-bond acceptors (Lipinski definition) is 3. The van der Waals surface area contributed by atoms with E-state index in [4.69, 9.17) is 5.11 Å². The number of carbonyl (C=O) groups excluding carboxylic acids is 1. The van der Waals surface area contributed by atoms with E-state index in [0.717, 1.165) is 12.8 Å². The van der Waals surface area contributed by atoms with Crippen molar-refractivity contribution in [3.05, 3.63) is 0 Å². The molecule has 1 saturated heterocycles. The number of aliphatic hydroxyl groups is 1. The number of amides is 2. The van der Waals surface area contributed by atoms with Gasteiger partial charge in [-0.05, 0) is 26.2 Å². The first-order valence-electron chi connectivity index (χ1n) is 6.86. The van der Waals surface area contributed by atoms with E-state index >= 15 is 0 Å². The van der Waals surface area contributed by atoms with Crippen LogP contribution in [0.4, 0.5) is 4.79 Å². The summed E-state index contributed by atoms with van der Waals surface area (Å²) < 4.78 is 0. The van der Waals surface area contributed by atoms with Crippen molar-refractivity contribution in [3.8, 4) is 0 Å². The second-order valence-corrected chi connectivity index (χ2v) is 5.47. The Labute approximate surface area is 113 Å². The number of rotatable bonds is 5. The van der Waals surface area contributed by atoms with E-state index in [1.54, 1.807) is 11.8 Å². The molecule has 1 aliphatic rings. The third kappa shape index (κ3) is 5.06. The van der Waals surface area contributed by atoms with Gasteiger partial charge in [0.1, 0.15) is 6.04 Å². The molecule has 1 atom stereocenters. The van der Waals surface area contributed by atoms with Crippen LogP contribution in [-0.2, 0) is 4.79 Å². The van der Waals surface area contributed by atoms with E-state index in [2.05, 4.69) is 5.32 Å². The predicted molar refractivity (Wildman–Crippen MR) is 70.9 cm³/mol. The number of unbranched alkanes of at least 4 members (excludes halogenated alkanes) is 1. The maximum absolute atomic E-state index is 12.0. The largest absolute Gasteiger partial charge is 0.480 e. The summed E-state index contributed by atoms with van der Waals surface area (Å²) in [7, 11) is 0. The van der Waals surface area contributed by atoms with Gasteiger partial charge in [-0.2, -0.15) is 0 Å². The number of likely N-dealkylation sites (tertiary alicyclic amines) is 1. The van der Waals surface area contributed by atoms with Crippen LogP contribution in [-0.4, -0.2) is 51.8 Å². The minimum atomic E-state index is -0.995. The average Bonchev–Trinajstić information content (AvgIpc) is 2.33. The molecule has 1 fully saturated rings. The molecule has 0 unspecified atom stereocenters. The van der Waals surface area contributed by atoms with Crippen molar-refractivity contribution < 1.29 is 19.8 Å². The topological polar surface area (TPSA) is 89.9 Å². The summed E-state index contributed by atoms with van der Waals surface area (Å²) in [6.07, 6.45) is 3.15. The van der Waals surface area contributed by atoms with Gasteiger partial charge in [0.05, 0.1) is 5.60 Å². The van der Waals surface area contributed by atoms with E-state index in [1.165, 1.54) is 0 Å². The molecule has 0 aromatic rings. The molecule has 2 amide bonds. The Hall–Kier alpha value is -1.30. The first-order chi connectivity index (χ1) is 8.85. The van der Waals surface area contributed by atoms with Gasteiger partial charge in [0.2, 0.25) is 0 Å². The molecule has 0 aromatic heterocycles. The molecule has 3 N–H and O–H groups in total. The second-order valence-electron chi connectivity index (χ2n) is 5.47. The number of carboxylic acid groups (broad SMARTS) is 1. The molecular weight excluding hydrogens is 248 g/mol. The van der Waals surface area contributed by atoms with Gasteiger partial charge >= 0.3 is 12.0 Å². The zero-order valence-corrected chi connectivity index (χ0v) is 11.7. The van der Waals surface area contributed by atoms with Gasteiger partial charge in [-0.3, -0.25) is 0 Å². The van der Waals surface area contributed by atoms with Crippen molar-refractivity contribution in [2.75, 3.05) is 13.1 Å². The van der Waals surface area contributed by atoms with Crippen LogP contribution in [0.2, 0.25) is 0 Å². The molecule has 6 nitrogen and oxygen atoms in total. The molecule has 0 aliphatic carbocycles. The molecule has 0 saturated carbocycles. The summed E-state index contributed by atoms with van der Waals surface area (Å²) >= 11 is 0. The third-order valence-corrected chi connectivity index (χ3v) is 3.57. The Kier molecular flexibility index (Phi) is 5.60. The zero-order chi connectivity index (χ0) is 14.5. The van der Waals surface area contributed by atoms with Crippen LogP contribution in [0.3, 0.4) is 0 Å². The molecule has 1 heterocycles. The lowest BCUT2D eigenvalue weighted by molar-refractivity contribution is -0.139. The number of hydrogen-bond donors (Lipinski definition) is 3.